The molecule has 3 N–H and O–H groups in total. The molecular weight excluding hydrogens is 230 g/mol. The molecule has 0 saturated carbocycles. The van der Waals surface area contributed by atoms with Crippen LogP contribution in [0, 0.1) is 0 Å². The van der Waals surface area contributed by atoms with Crippen molar-refractivity contribution in [2.45, 2.75) is 26.2 Å². The van der Waals surface area contributed by atoms with E-state index in [0.717, 1.165) is 11.6 Å². The molecule has 18 heavy (non-hydrogen) atoms. The summed E-state index contributed by atoms with van der Waals surface area (Å²) in [5.41, 5.74) is 5.76. The SMILES string of the molecule is CNC(=O)CCN(C)c1cc(N)nc(C(C)C)n1. The Balaban J connectivity index is 2.78. The lowest BCUT2D eigenvalue weighted by atomic mass is 10.2. The van der Waals surface area contributed by atoms with Crippen molar-refractivity contribution >= 4 is 17.5 Å². The second kappa shape index (κ2) is 6.18. The number of carbonyl (C=O) groups excluding carboxylic acids is 1. The molecular formula is C12H21N5O. The molecule has 1 amide bonds. The van der Waals surface area contributed by atoms with Crippen LogP contribution in [0.5, 0.6) is 0 Å². The minimum Gasteiger partial charge on any atom is -0.384 e. The number of hydrogen-bond acceptors (Lipinski definition) is 5. The number of nitrogens with zero attached hydrogens (tertiary/aromatic N) is 3. The zero-order valence-corrected chi connectivity index (χ0v) is 11.4. The highest BCUT2D eigenvalue weighted by Crippen LogP contribution is 2.17. The highest BCUT2D eigenvalue weighted by Gasteiger charge is 2.10. The molecule has 6 nitrogen and oxygen atoms in total. The fourth-order valence-corrected chi connectivity index (χ4v) is 1.43. The lowest BCUT2D eigenvalue weighted by molar-refractivity contribution is -0.120. The molecule has 0 saturated heterocycles. The average Bonchev–Trinajstić information content (AvgIpc) is 2.34. The van der Waals surface area contributed by atoms with Gasteiger partial charge in [0.15, 0.2) is 0 Å². The van der Waals surface area contributed by atoms with E-state index in [0.29, 0.717) is 18.8 Å². The third-order valence-electron chi connectivity index (χ3n) is 2.61. The number of nitrogens with two attached hydrogens (primary N) is 1. The van der Waals surface area contributed by atoms with Gasteiger partial charge in [-0.05, 0) is 0 Å². The van der Waals surface area contributed by atoms with Gasteiger partial charge in [0.2, 0.25) is 5.91 Å². The fourth-order valence-electron chi connectivity index (χ4n) is 1.43. The molecule has 0 aliphatic carbocycles. The van der Waals surface area contributed by atoms with Crippen LogP contribution in [-0.2, 0) is 4.79 Å². The summed E-state index contributed by atoms with van der Waals surface area (Å²) in [7, 11) is 3.51. The van der Waals surface area contributed by atoms with E-state index in [1.54, 1.807) is 13.1 Å². The van der Waals surface area contributed by atoms with Crippen LogP contribution in [0.4, 0.5) is 11.6 Å². The molecule has 1 aromatic rings. The predicted octanol–water partition coefficient (Wildman–Crippen LogP) is 0.754. The summed E-state index contributed by atoms with van der Waals surface area (Å²) >= 11 is 0. The van der Waals surface area contributed by atoms with E-state index in [-0.39, 0.29) is 11.8 Å². The van der Waals surface area contributed by atoms with Crippen molar-refractivity contribution in [3.63, 3.8) is 0 Å². The summed E-state index contributed by atoms with van der Waals surface area (Å²) in [6.07, 6.45) is 0.425. The van der Waals surface area contributed by atoms with Crippen LogP contribution in [0.3, 0.4) is 0 Å². The molecule has 100 valence electrons. The van der Waals surface area contributed by atoms with Gasteiger partial charge in [0.05, 0.1) is 0 Å². The van der Waals surface area contributed by atoms with E-state index in [2.05, 4.69) is 15.3 Å². The molecule has 0 unspecified atom stereocenters. The fraction of sp³-hybridized carbons (Fsp3) is 0.583. The molecule has 6 heteroatoms. The van der Waals surface area contributed by atoms with Crippen LogP contribution < -0.4 is 16.0 Å². The normalized spacial score (nSPS) is 10.5. The molecule has 0 spiro atoms. The number of anilines is 2. The van der Waals surface area contributed by atoms with E-state index in [4.69, 9.17) is 5.73 Å². The van der Waals surface area contributed by atoms with Gasteiger partial charge in [0.25, 0.3) is 0 Å². The van der Waals surface area contributed by atoms with E-state index in [1.807, 2.05) is 25.8 Å². The highest BCUT2D eigenvalue weighted by atomic mass is 16.1. The lowest BCUT2D eigenvalue weighted by Gasteiger charge is -2.19. The summed E-state index contributed by atoms with van der Waals surface area (Å²) < 4.78 is 0. The summed E-state index contributed by atoms with van der Waals surface area (Å²) in [4.78, 5) is 21.7. The first kappa shape index (κ1) is 14.2. The molecule has 0 fully saturated rings. The summed E-state index contributed by atoms with van der Waals surface area (Å²) in [6.45, 7) is 4.62. The Morgan fingerprint density at radius 3 is 2.72 bits per heavy atom. The Labute approximate surface area is 108 Å². The first-order valence-corrected chi connectivity index (χ1v) is 6.00. The molecule has 1 rings (SSSR count). The van der Waals surface area contributed by atoms with Gasteiger partial charge in [0.1, 0.15) is 17.5 Å². The number of nitrogens with one attached hydrogen (secondary N) is 1. The minimum absolute atomic E-state index is 0.00737. The minimum atomic E-state index is 0.00737. The van der Waals surface area contributed by atoms with Gasteiger partial charge in [-0.3, -0.25) is 4.79 Å². The van der Waals surface area contributed by atoms with Crippen molar-refractivity contribution in [1.29, 1.82) is 0 Å². The summed E-state index contributed by atoms with van der Waals surface area (Å²) in [6, 6.07) is 1.72. The van der Waals surface area contributed by atoms with E-state index >= 15 is 0 Å². The van der Waals surface area contributed by atoms with Crippen molar-refractivity contribution in [2.75, 3.05) is 31.3 Å². The third-order valence-corrected chi connectivity index (χ3v) is 2.61. The monoisotopic (exact) mass is 251 g/mol. The molecule has 1 heterocycles. The first-order valence-electron chi connectivity index (χ1n) is 6.00. The zero-order chi connectivity index (χ0) is 13.7. The number of aromatic nitrogens is 2. The summed E-state index contributed by atoms with van der Waals surface area (Å²) in [5.74, 6) is 2.15. The first-order chi connectivity index (χ1) is 8.43. The number of hydrogen-bond donors (Lipinski definition) is 2. The summed E-state index contributed by atoms with van der Waals surface area (Å²) in [5, 5.41) is 2.59. The number of carbonyl (C=O) groups is 1. The van der Waals surface area contributed by atoms with Gasteiger partial charge in [-0.15, -0.1) is 0 Å². The van der Waals surface area contributed by atoms with Crippen molar-refractivity contribution in [1.82, 2.24) is 15.3 Å². The number of nitrogen functional groups attached to an aromatic ring is 1. The van der Waals surface area contributed by atoms with Crippen LogP contribution in [-0.4, -0.2) is 36.5 Å². The third kappa shape index (κ3) is 3.87. The molecule has 0 aliphatic heterocycles. The zero-order valence-electron chi connectivity index (χ0n) is 11.4. The van der Waals surface area contributed by atoms with E-state index in [9.17, 15) is 4.79 Å². The Morgan fingerprint density at radius 2 is 2.17 bits per heavy atom. The van der Waals surface area contributed by atoms with Gasteiger partial charge in [-0.1, -0.05) is 13.8 Å². The Morgan fingerprint density at radius 1 is 1.50 bits per heavy atom. The van der Waals surface area contributed by atoms with Crippen LogP contribution in [0.15, 0.2) is 6.07 Å². The Bertz CT molecular complexity index is 419. The second-order valence-corrected chi connectivity index (χ2v) is 4.51. The van der Waals surface area contributed by atoms with Crippen LogP contribution in [0.2, 0.25) is 0 Å². The van der Waals surface area contributed by atoms with Crippen molar-refractivity contribution < 1.29 is 4.79 Å². The smallest absolute Gasteiger partial charge is 0.221 e. The number of amides is 1. The standard InChI is InChI=1S/C12H21N5O/c1-8(2)12-15-9(13)7-10(16-12)17(4)6-5-11(18)14-3/h7-8H,5-6H2,1-4H3,(H,14,18)(H2,13,15,16). The maximum atomic E-state index is 11.2. The van der Waals surface area contributed by atoms with Crippen LogP contribution in [0.1, 0.15) is 32.0 Å². The van der Waals surface area contributed by atoms with Crippen LogP contribution >= 0.6 is 0 Å². The second-order valence-electron chi connectivity index (χ2n) is 4.51. The van der Waals surface area contributed by atoms with E-state index < -0.39 is 0 Å². The van der Waals surface area contributed by atoms with Gasteiger partial charge in [-0.25, -0.2) is 9.97 Å². The van der Waals surface area contributed by atoms with Crippen molar-refractivity contribution in [3.8, 4) is 0 Å². The van der Waals surface area contributed by atoms with Crippen molar-refractivity contribution in [3.05, 3.63) is 11.9 Å². The van der Waals surface area contributed by atoms with Gasteiger partial charge in [-0.2, -0.15) is 0 Å². The topological polar surface area (TPSA) is 84.1 Å². The molecule has 0 aliphatic rings. The molecule has 1 aromatic heterocycles. The average molecular weight is 251 g/mol. The number of rotatable bonds is 5. The van der Waals surface area contributed by atoms with Crippen LogP contribution in [0.25, 0.3) is 0 Å². The Hall–Kier alpha value is -1.85. The van der Waals surface area contributed by atoms with Gasteiger partial charge in [0, 0.05) is 39.0 Å². The maximum absolute atomic E-state index is 11.2. The largest absolute Gasteiger partial charge is 0.384 e. The molecule has 0 bridgehead atoms. The predicted molar refractivity (Wildman–Crippen MR) is 72.5 cm³/mol. The lowest BCUT2D eigenvalue weighted by Crippen LogP contribution is -2.27. The molecule has 0 radical (unpaired) electrons. The molecule has 0 aromatic carbocycles. The van der Waals surface area contributed by atoms with Gasteiger partial charge < -0.3 is 16.0 Å². The highest BCUT2D eigenvalue weighted by molar-refractivity contribution is 5.76. The molecule has 0 atom stereocenters. The quantitative estimate of drug-likeness (QED) is 0.807. The maximum Gasteiger partial charge on any atom is 0.221 e. The Kier molecular flexibility index (Phi) is 4.88. The van der Waals surface area contributed by atoms with Crippen molar-refractivity contribution in [2.24, 2.45) is 0 Å². The van der Waals surface area contributed by atoms with E-state index in [1.165, 1.54) is 0 Å². The van der Waals surface area contributed by atoms with Gasteiger partial charge >= 0.3 is 0 Å².